The predicted octanol–water partition coefficient (Wildman–Crippen LogP) is 2.34. The van der Waals surface area contributed by atoms with Gasteiger partial charge >= 0.3 is 6.09 Å². The number of carbonyl (C=O) groups excluding carboxylic acids is 1. The smallest absolute Gasteiger partial charge is 0.409 e. The number of hydrogen-bond acceptors (Lipinski definition) is 4. The molecular weight excluding hydrogens is 344 g/mol. The maximum Gasteiger partial charge on any atom is 0.409 e. The van der Waals surface area contributed by atoms with Crippen LogP contribution in [0, 0.1) is 0 Å². The lowest BCUT2D eigenvalue weighted by Gasteiger charge is -2.32. The van der Waals surface area contributed by atoms with Crippen LogP contribution in [0.5, 0.6) is 5.75 Å². The van der Waals surface area contributed by atoms with Crippen molar-refractivity contribution in [2.24, 2.45) is 4.99 Å². The summed E-state index contributed by atoms with van der Waals surface area (Å²) < 4.78 is 10.5. The Labute approximate surface area is 161 Å². The molecule has 1 aromatic carbocycles. The topological polar surface area (TPSA) is 75.2 Å². The number of carbonyl (C=O) groups is 1. The Hall–Kier alpha value is -2.44. The molecule has 148 valence electrons. The van der Waals surface area contributed by atoms with Crippen LogP contribution in [0.1, 0.15) is 37.7 Å². The summed E-state index contributed by atoms with van der Waals surface area (Å²) in [6, 6.07) is 8.55. The molecule has 1 atom stereocenters. The lowest BCUT2D eigenvalue weighted by Crippen LogP contribution is -2.49. The van der Waals surface area contributed by atoms with Gasteiger partial charge in [-0.15, -0.1) is 0 Å². The molecule has 2 aliphatic heterocycles. The number of nitrogens with zero attached hydrogens (tertiary/aromatic N) is 2. The van der Waals surface area contributed by atoms with Gasteiger partial charge in [0.15, 0.2) is 5.96 Å². The van der Waals surface area contributed by atoms with Crippen LogP contribution in [-0.2, 0) is 4.74 Å². The number of guanidine groups is 1. The number of rotatable bonds is 4. The minimum absolute atomic E-state index is 0.243. The van der Waals surface area contributed by atoms with Crippen LogP contribution in [0.15, 0.2) is 29.3 Å². The second-order valence-electron chi connectivity index (χ2n) is 6.97. The molecule has 1 aromatic rings. The Balaban J connectivity index is 1.57. The molecule has 1 fully saturated rings. The summed E-state index contributed by atoms with van der Waals surface area (Å²) >= 11 is 0. The van der Waals surface area contributed by atoms with Gasteiger partial charge in [-0.1, -0.05) is 18.2 Å². The third-order valence-corrected chi connectivity index (χ3v) is 5.17. The van der Waals surface area contributed by atoms with Crippen molar-refractivity contribution < 1.29 is 14.3 Å². The van der Waals surface area contributed by atoms with E-state index in [9.17, 15) is 4.79 Å². The van der Waals surface area contributed by atoms with E-state index in [2.05, 4.69) is 29.7 Å². The van der Waals surface area contributed by atoms with E-state index in [0.717, 1.165) is 50.7 Å². The summed E-state index contributed by atoms with van der Waals surface area (Å²) in [4.78, 5) is 18.2. The molecule has 2 heterocycles. The van der Waals surface area contributed by atoms with Gasteiger partial charge in [0.25, 0.3) is 0 Å². The molecule has 0 aromatic heterocycles. The minimum Gasteiger partial charge on any atom is -0.493 e. The molecule has 1 unspecified atom stereocenters. The molecule has 3 rings (SSSR count). The number of para-hydroxylation sites is 1. The number of nitrogens with one attached hydrogen (secondary N) is 2. The first kappa shape index (κ1) is 19.3. The summed E-state index contributed by atoms with van der Waals surface area (Å²) in [6.45, 7) is 5.77. The maximum absolute atomic E-state index is 11.6. The fourth-order valence-corrected chi connectivity index (χ4v) is 3.66. The van der Waals surface area contributed by atoms with E-state index in [1.165, 1.54) is 12.7 Å². The zero-order valence-corrected chi connectivity index (χ0v) is 16.2. The third-order valence-electron chi connectivity index (χ3n) is 5.17. The monoisotopic (exact) mass is 374 g/mol. The van der Waals surface area contributed by atoms with Gasteiger partial charge in [0, 0.05) is 38.1 Å². The van der Waals surface area contributed by atoms with Gasteiger partial charge in [-0.25, -0.2) is 4.79 Å². The second-order valence-corrected chi connectivity index (χ2v) is 6.97. The molecule has 0 radical (unpaired) electrons. The van der Waals surface area contributed by atoms with E-state index in [0.29, 0.717) is 25.0 Å². The van der Waals surface area contributed by atoms with Crippen molar-refractivity contribution in [1.82, 2.24) is 15.5 Å². The number of amides is 1. The fraction of sp³-hybridized carbons (Fsp3) is 0.600. The minimum atomic E-state index is -0.243. The SMILES string of the molecule is CCNC(=NCC1CCOc2ccccc21)NC1CCN(C(=O)OC)CC1. The Morgan fingerprint density at radius 1 is 1.30 bits per heavy atom. The van der Waals surface area contributed by atoms with Crippen molar-refractivity contribution in [2.45, 2.75) is 38.1 Å². The average molecular weight is 374 g/mol. The number of ether oxygens (including phenoxy) is 2. The van der Waals surface area contributed by atoms with Gasteiger partial charge in [0.05, 0.1) is 13.7 Å². The summed E-state index contributed by atoms with van der Waals surface area (Å²) in [5.41, 5.74) is 1.25. The molecule has 1 saturated heterocycles. The number of likely N-dealkylation sites (tertiary alicyclic amines) is 1. The lowest BCUT2D eigenvalue weighted by atomic mass is 9.93. The number of aliphatic imine (C=N–C) groups is 1. The first-order chi connectivity index (χ1) is 13.2. The summed E-state index contributed by atoms with van der Waals surface area (Å²) in [5.74, 6) is 2.21. The maximum atomic E-state index is 11.6. The average Bonchev–Trinajstić information content (AvgIpc) is 2.72. The lowest BCUT2D eigenvalue weighted by molar-refractivity contribution is 0.111. The van der Waals surface area contributed by atoms with Crippen molar-refractivity contribution in [2.75, 3.05) is 39.9 Å². The van der Waals surface area contributed by atoms with Crippen LogP contribution in [0.4, 0.5) is 4.79 Å². The van der Waals surface area contributed by atoms with Crippen molar-refractivity contribution in [1.29, 1.82) is 0 Å². The van der Waals surface area contributed by atoms with Crippen LogP contribution < -0.4 is 15.4 Å². The Morgan fingerprint density at radius 3 is 2.81 bits per heavy atom. The number of methoxy groups -OCH3 is 1. The molecular formula is C20H30N4O3. The summed E-state index contributed by atoms with van der Waals surface area (Å²) in [7, 11) is 1.43. The first-order valence-electron chi connectivity index (χ1n) is 9.80. The van der Waals surface area contributed by atoms with Gasteiger partial charge in [0.1, 0.15) is 5.75 Å². The highest BCUT2D eigenvalue weighted by atomic mass is 16.5. The molecule has 2 aliphatic rings. The largest absolute Gasteiger partial charge is 0.493 e. The molecule has 0 spiro atoms. The van der Waals surface area contributed by atoms with E-state index in [1.807, 2.05) is 12.1 Å². The van der Waals surface area contributed by atoms with Gasteiger partial charge in [-0.2, -0.15) is 0 Å². The summed E-state index contributed by atoms with van der Waals surface area (Å²) in [5, 5.41) is 6.87. The molecule has 7 heteroatoms. The first-order valence-corrected chi connectivity index (χ1v) is 9.80. The van der Waals surface area contributed by atoms with Crippen LogP contribution in [0.2, 0.25) is 0 Å². The zero-order valence-electron chi connectivity index (χ0n) is 16.2. The van der Waals surface area contributed by atoms with E-state index < -0.39 is 0 Å². The second kappa shape index (κ2) is 9.48. The Bertz CT molecular complexity index is 656. The van der Waals surface area contributed by atoms with Crippen molar-refractivity contribution in [3.05, 3.63) is 29.8 Å². The van der Waals surface area contributed by atoms with E-state index in [-0.39, 0.29) is 6.09 Å². The molecule has 2 N–H and O–H groups in total. The highest BCUT2D eigenvalue weighted by Gasteiger charge is 2.24. The van der Waals surface area contributed by atoms with Gasteiger partial charge in [-0.05, 0) is 37.8 Å². The molecule has 7 nitrogen and oxygen atoms in total. The van der Waals surface area contributed by atoms with Crippen molar-refractivity contribution in [3.63, 3.8) is 0 Å². The van der Waals surface area contributed by atoms with Crippen LogP contribution in [0.25, 0.3) is 0 Å². The number of benzene rings is 1. The van der Waals surface area contributed by atoms with Crippen LogP contribution in [0.3, 0.4) is 0 Å². The van der Waals surface area contributed by atoms with Crippen LogP contribution >= 0.6 is 0 Å². The number of piperidine rings is 1. The third kappa shape index (κ3) is 5.05. The van der Waals surface area contributed by atoms with Gasteiger partial charge < -0.3 is 25.0 Å². The van der Waals surface area contributed by atoms with Crippen LogP contribution in [-0.4, -0.2) is 62.9 Å². The highest BCUT2D eigenvalue weighted by Crippen LogP contribution is 2.33. The quantitative estimate of drug-likeness (QED) is 0.625. The van der Waals surface area contributed by atoms with E-state index in [4.69, 9.17) is 14.5 Å². The zero-order chi connectivity index (χ0) is 19.1. The number of fused-ring (bicyclic) bond motifs is 1. The molecule has 0 aliphatic carbocycles. The molecule has 27 heavy (non-hydrogen) atoms. The van der Waals surface area contributed by atoms with Crippen molar-refractivity contribution in [3.8, 4) is 5.75 Å². The molecule has 0 bridgehead atoms. The molecule has 1 amide bonds. The van der Waals surface area contributed by atoms with Gasteiger partial charge in [0.2, 0.25) is 0 Å². The normalized spacial score (nSPS) is 20.4. The summed E-state index contributed by atoms with van der Waals surface area (Å²) in [6.07, 6.45) is 2.52. The van der Waals surface area contributed by atoms with Crippen molar-refractivity contribution >= 4 is 12.1 Å². The Kier molecular flexibility index (Phi) is 6.79. The number of hydrogen-bond donors (Lipinski definition) is 2. The highest BCUT2D eigenvalue weighted by molar-refractivity contribution is 5.80. The fourth-order valence-electron chi connectivity index (χ4n) is 3.66. The van der Waals surface area contributed by atoms with E-state index in [1.54, 1.807) is 4.90 Å². The standard InChI is InChI=1S/C20H30N4O3/c1-3-21-19(23-16-8-11-24(12-9-16)20(25)26-2)22-14-15-10-13-27-18-7-5-4-6-17(15)18/h4-7,15-16H,3,8-14H2,1-2H3,(H2,21,22,23). The molecule has 0 saturated carbocycles. The Morgan fingerprint density at radius 2 is 2.07 bits per heavy atom. The predicted molar refractivity (Wildman–Crippen MR) is 105 cm³/mol. The van der Waals surface area contributed by atoms with E-state index >= 15 is 0 Å². The van der Waals surface area contributed by atoms with Gasteiger partial charge in [-0.3, -0.25) is 4.99 Å².